The summed E-state index contributed by atoms with van der Waals surface area (Å²) in [7, 11) is 3.16. The maximum Gasteiger partial charge on any atom is 0.329 e. The summed E-state index contributed by atoms with van der Waals surface area (Å²) in [4.78, 5) is 123. The molecule has 126 heavy (non-hydrogen) atoms. The minimum absolute atomic E-state index is 0.00770. The molecule has 15 atom stereocenters. The average molecular weight is 1770 g/mol. The normalized spacial score (nSPS) is 25.9. The van der Waals surface area contributed by atoms with Crippen molar-refractivity contribution < 1.29 is 105 Å². The number of methoxy groups -OCH3 is 2. The third-order valence-electron chi connectivity index (χ3n) is 23.7. The lowest BCUT2D eigenvalue weighted by atomic mass is 9.79. The van der Waals surface area contributed by atoms with E-state index in [4.69, 9.17) is 74.1 Å². The van der Waals surface area contributed by atoms with Crippen LogP contribution in [0.15, 0.2) is 82.7 Å². The van der Waals surface area contributed by atoms with Gasteiger partial charge in [-0.3, -0.25) is 33.6 Å². The molecule has 7 heterocycles. The number of nitrogens with two attached hydrogens (primary N) is 3. The second-order valence-electron chi connectivity index (χ2n) is 33.3. The zero-order valence-electron chi connectivity index (χ0n) is 74.2. The van der Waals surface area contributed by atoms with Crippen molar-refractivity contribution in [2.75, 3.05) is 131 Å². The molecule has 2 bridgehead atoms. The summed E-state index contributed by atoms with van der Waals surface area (Å²) >= 11 is 0. The third-order valence-corrected chi connectivity index (χ3v) is 23.7. The van der Waals surface area contributed by atoms with Gasteiger partial charge >= 0.3 is 5.97 Å². The summed E-state index contributed by atoms with van der Waals surface area (Å²) in [5.74, 6) is -9.23. The first-order chi connectivity index (χ1) is 60.7. The van der Waals surface area contributed by atoms with Gasteiger partial charge in [0.2, 0.25) is 23.5 Å². The van der Waals surface area contributed by atoms with Gasteiger partial charge in [0.05, 0.1) is 115 Å². The number of ketones is 3. The predicted octanol–water partition coefficient (Wildman–Crippen LogP) is 5.83. The number of anilines is 2. The molecule has 37 nitrogen and oxygen atoms in total. The topological polar surface area (TPSA) is 507 Å². The molecule has 4 aromatic heterocycles. The van der Waals surface area contributed by atoms with Gasteiger partial charge in [-0.25, -0.2) is 24.1 Å². The average Bonchev–Trinajstić information content (AvgIpc) is 1.38. The highest BCUT2D eigenvalue weighted by Crippen LogP contribution is 2.40. The van der Waals surface area contributed by atoms with E-state index >= 15 is 0 Å². The molecular formula is C89H133N15O22. The maximum atomic E-state index is 14.7. The van der Waals surface area contributed by atoms with Crippen molar-refractivity contribution in [3.05, 3.63) is 84.0 Å². The van der Waals surface area contributed by atoms with Crippen molar-refractivity contribution in [1.82, 2.24) is 60.6 Å². The van der Waals surface area contributed by atoms with E-state index in [9.17, 15) is 53.7 Å². The Hall–Kier alpha value is -9.22. The highest BCUT2D eigenvalue weighted by Gasteiger charge is 2.53. The Morgan fingerprint density at radius 1 is 0.714 bits per heavy atom. The summed E-state index contributed by atoms with van der Waals surface area (Å²) in [6.45, 7) is 15.7. The fourth-order valence-corrected chi connectivity index (χ4v) is 16.3. The fourth-order valence-electron chi connectivity index (χ4n) is 16.3. The molecule has 0 spiro atoms. The number of esters is 1. The maximum absolute atomic E-state index is 14.7. The van der Waals surface area contributed by atoms with Crippen LogP contribution in [0.3, 0.4) is 0 Å². The van der Waals surface area contributed by atoms with Crippen LogP contribution in [-0.2, 0) is 98.7 Å². The number of carbonyl (C=O) groups is 8. The van der Waals surface area contributed by atoms with Gasteiger partial charge < -0.3 is 105 Å². The number of hydrogen-bond donors (Lipinski definition) is 9. The van der Waals surface area contributed by atoms with Crippen LogP contribution in [0.1, 0.15) is 169 Å². The van der Waals surface area contributed by atoms with Crippen LogP contribution >= 0.6 is 0 Å². The lowest BCUT2D eigenvalue weighted by Crippen LogP contribution is -2.61. The molecule has 4 aliphatic rings. The number of hydrogen-bond acceptors (Lipinski definition) is 31. The molecule has 12 N–H and O–H groups in total. The lowest BCUT2D eigenvalue weighted by molar-refractivity contribution is -0.265. The van der Waals surface area contributed by atoms with Crippen LogP contribution in [-0.4, -0.2) is 281 Å². The van der Waals surface area contributed by atoms with Gasteiger partial charge in [0, 0.05) is 115 Å². The molecule has 2 saturated heterocycles. The van der Waals surface area contributed by atoms with Crippen LogP contribution < -0.4 is 33.2 Å². The van der Waals surface area contributed by atoms with E-state index < -0.39 is 95.4 Å². The first-order valence-electron chi connectivity index (χ1n) is 44.4. The molecule has 1 aromatic carbocycles. The van der Waals surface area contributed by atoms with Gasteiger partial charge in [0.1, 0.15) is 53.5 Å². The lowest BCUT2D eigenvalue weighted by Gasteiger charge is -2.42. The minimum Gasteiger partial charge on any atom is -0.459 e. The van der Waals surface area contributed by atoms with E-state index in [1.165, 1.54) is 19.3 Å². The largest absolute Gasteiger partial charge is 0.459 e. The number of ether oxygens (including phenoxy) is 10. The van der Waals surface area contributed by atoms with E-state index in [1.54, 1.807) is 50.4 Å². The summed E-state index contributed by atoms with van der Waals surface area (Å²) in [6.07, 6.45) is 15.3. The smallest absolute Gasteiger partial charge is 0.329 e. The van der Waals surface area contributed by atoms with Crippen molar-refractivity contribution in [2.45, 2.75) is 231 Å². The molecule has 9 rings (SSSR count). The number of fused-ring (bicyclic) bond motifs is 5. The Balaban J connectivity index is 0.604. The summed E-state index contributed by atoms with van der Waals surface area (Å²) in [5, 5.41) is 57.6. The van der Waals surface area contributed by atoms with Crippen molar-refractivity contribution in [3.8, 4) is 11.3 Å². The second kappa shape index (κ2) is 51.7. The molecule has 0 radical (unpaired) electrons. The molecule has 3 aliphatic heterocycles. The van der Waals surface area contributed by atoms with Crippen LogP contribution in [0.2, 0.25) is 0 Å². The highest BCUT2D eigenvalue weighted by atomic mass is 16.6. The van der Waals surface area contributed by atoms with Crippen LogP contribution in [0.5, 0.6) is 0 Å². The quantitative estimate of drug-likeness (QED) is 0.00963. The number of rotatable bonds is 40. The second-order valence-corrected chi connectivity index (χ2v) is 33.3. The number of nitrogens with one attached hydrogen (secondary N) is 3. The number of aliphatic hydroxyl groups excluding tert-OH is 2. The molecular weight excluding hydrogens is 1630 g/mol. The number of oxazole rings is 1. The van der Waals surface area contributed by atoms with Crippen molar-refractivity contribution in [2.24, 2.45) is 35.3 Å². The van der Waals surface area contributed by atoms with Gasteiger partial charge in [0.25, 0.3) is 17.7 Å². The van der Waals surface area contributed by atoms with Crippen LogP contribution in [0.25, 0.3) is 33.4 Å². The molecule has 696 valence electrons. The Kier molecular flexibility index (Phi) is 41.2. The number of nitrogens with zero attached hydrogens (tertiary/aromatic N) is 9. The van der Waals surface area contributed by atoms with Gasteiger partial charge in [-0.2, -0.15) is 10.1 Å². The summed E-state index contributed by atoms with van der Waals surface area (Å²) in [5.41, 5.74) is 24.0. The number of benzene rings is 1. The zero-order chi connectivity index (χ0) is 90.7. The zero-order valence-corrected chi connectivity index (χ0v) is 74.2. The van der Waals surface area contributed by atoms with Crippen LogP contribution in [0, 0.1) is 29.6 Å². The Bertz CT molecular complexity index is 4450. The van der Waals surface area contributed by atoms with Gasteiger partial charge in [-0.15, -0.1) is 5.10 Å². The molecule has 4 amide bonds. The number of Topliss-reactive ketones (excluding diaryl/α,β-unsaturated/α-hetero) is 3. The molecule has 37 heteroatoms. The van der Waals surface area contributed by atoms with E-state index in [-0.39, 0.29) is 118 Å². The van der Waals surface area contributed by atoms with E-state index in [0.717, 1.165) is 22.5 Å². The number of aryl methyl sites for hydroxylation is 2. The Labute approximate surface area is 736 Å². The summed E-state index contributed by atoms with van der Waals surface area (Å²) < 4.78 is 66.8. The molecule has 5 aromatic rings. The standard InChI is InChI=1S/C89H133N15O22/c1-56-17-10-9-11-18-57(2)72(116-7)52-65-25-22-61(6)89(115,126-65)83(112)86(113)102-33-14-12-20-69(102)87(114)124-73(53-70(105)58(3)48-60(5)81(110)82(111)80(109)59(4)47-56)66(90)49-62-23-26-68(74(50-62)117-8)104-54-64(99-101-104)19-16-21-75(106)94-31-37-120-41-45-123-44-40-119-36-29-77(108)95-32-38-121-42-46-122-43-39-118-35-28-76(107)93-30-13-15-34-103-85-78(84(91)96-55-97-85)79(100-103)63-24-27-71-67(51-63)98-88(92)125-71/h9-11,17-18,24,27,48,51,54-56,58-59,61-62,65-66,68-69,72-74,81-82,110-111,115H,12-16,19-23,25-26,28-47,49-50,52-53,90H2,1-8H3,(H2,92,98)(H,93,107)(H,94,106)(H,95,108)(H2,91,96,97)/b11-9?,17-10+,57-18?,60-48+/t56-,58-,59-,61-,62+,65+,66-,68+,69+,72+,73+,74-,81-,82+,89-/m1/s1. The SMILES string of the molecule is CO[C@H]1C[C@@H]2CC[C@@H](C)[C@@](O)(O2)C(=O)C(=O)N2CCCC[C@H]2C(=O)O[C@H]([C@H](N)C[C@@H]2CC[C@H](n3cc(CCCC(=O)NCCOCCOCCOCCC(=O)NCCOCCOCCOCCC(=O)NCCCCn4nc(-c5ccc6oc(N)nc6c5)c5c(N)ncnc54)nn3)[C@H](OC)C2)CC(=O)[C@H](C)/C=C(\C)[C@@H](O)[C@@H](O)C(=O)[C@H](C)C[C@H](C)/C=C/C=CC=C1C. The van der Waals surface area contributed by atoms with Crippen LogP contribution in [0.4, 0.5) is 11.8 Å². The number of amides is 4. The first-order valence-corrected chi connectivity index (χ1v) is 44.4. The van der Waals surface area contributed by atoms with Gasteiger partial charge in [0.15, 0.2) is 17.0 Å². The number of allylic oxidation sites excluding steroid dienone is 6. The van der Waals surface area contributed by atoms with E-state index in [1.807, 2.05) is 62.6 Å². The number of unbranched alkanes of at least 4 members (excludes halogenated alkanes) is 1. The first kappa shape index (κ1) is 101. The Morgan fingerprint density at radius 2 is 1.38 bits per heavy atom. The van der Waals surface area contributed by atoms with Crippen molar-refractivity contribution in [1.29, 1.82) is 0 Å². The number of carbonyl (C=O) groups excluding carboxylic acids is 8. The molecule has 1 aliphatic carbocycles. The minimum atomic E-state index is -2.51. The molecule has 3 fully saturated rings. The number of cyclic esters (lactones) is 1. The summed E-state index contributed by atoms with van der Waals surface area (Å²) in [6, 6.07) is 3.14. The predicted molar refractivity (Wildman–Crippen MR) is 465 cm³/mol. The number of aliphatic hydroxyl groups is 3. The third kappa shape index (κ3) is 30.5. The van der Waals surface area contributed by atoms with Crippen molar-refractivity contribution in [3.63, 3.8) is 0 Å². The van der Waals surface area contributed by atoms with Gasteiger partial charge in [-0.05, 0) is 145 Å². The van der Waals surface area contributed by atoms with Crippen molar-refractivity contribution >= 4 is 80.9 Å². The number of nitrogen functional groups attached to an aromatic ring is 2. The van der Waals surface area contributed by atoms with E-state index in [2.05, 4.69) is 41.2 Å². The van der Waals surface area contributed by atoms with Gasteiger partial charge in [-0.1, -0.05) is 69.4 Å². The fraction of sp³-hybridized carbons (Fsp3) is 0.663. The number of piperidine rings is 1. The monoisotopic (exact) mass is 1760 g/mol. The molecule has 1 saturated carbocycles. The highest BCUT2D eigenvalue weighted by molar-refractivity contribution is 6.39. The number of aromatic nitrogens is 8. The Morgan fingerprint density at radius 3 is 2.06 bits per heavy atom. The van der Waals surface area contributed by atoms with E-state index in [0.29, 0.717) is 202 Å². The molecule has 0 unspecified atom stereocenters.